The van der Waals surface area contributed by atoms with Crippen molar-refractivity contribution < 1.29 is 27.5 Å². The lowest BCUT2D eigenvalue weighted by atomic mass is 10.1. The van der Waals surface area contributed by atoms with Crippen molar-refractivity contribution in [3.05, 3.63) is 23.8 Å². The zero-order valence-corrected chi connectivity index (χ0v) is 17.0. The molecule has 1 aromatic rings. The number of hydrogen-bond donors (Lipinski definition) is 0. The van der Waals surface area contributed by atoms with E-state index in [1.807, 2.05) is 25.1 Å². The lowest BCUT2D eigenvalue weighted by Crippen LogP contribution is -2.44. The number of hydrazone groups is 1. The summed E-state index contributed by atoms with van der Waals surface area (Å²) in [5.74, 6) is 0.802. The molecule has 0 radical (unpaired) electrons. The fourth-order valence-corrected chi connectivity index (χ4v) is 5.44. The van der Waals surface area contributed by atoms with Gasteiger partial charge in [0.15, 0.2) is 21.3 Å². The van der Waals surface area contributed by atoms with Gasteiger partial charge >= 0.3 is 0 Å². The van der Waals surface area contributed by atoms with Gasteiger partial charge in [-0.3, -0.25) is 9.59 Å². The van der Waals surface area contributed by atoms with Gasteiger partial charge in [0.2, 0.25) is 12.7 Å². The fraction of sp³-hybridized carbons (Fsp3) is 0.526. The fourth-order valence-electron chi connectivity index (χ4n) is 3.75. The molecule has 3 heterocycles. The second-order valence-electron chi connectivity index (χ2n) is 7.35. The minimum Gasteiger partial charge on any atom is -0.454 e. The second-order valence-corrected chi connectivity index (χ2v) is 9.58. The van der Waals surface area contributed by atoms with Crippen LogP contribution in [0.2, 0.25) is 0 Å². The molecule has 0 bridgehead atoms. The number of carbonyl (C=O) groups excluding carboxylic acids is 2. The summed E-state index contributed by atoms with van der Waals surface area (Å²) in [5.41, 5.74) is 1.19. The largest absolute Gasteiger partial charge is 0.454 e. The van der Waals surface area contributed by atoms with Crippen molar-refractivity contribution in [1.82, 2.24) is 9.91 Å². The van der Waals surface area contributed by atoms with Crippen LogP contribution in [0.5, 0.6) is 11.5 Å². The Morgan fingerprint density at radius 2 is 2.07 bits per heavy atom. The van der Waals surface area contributed by atoms with E-state index in [9.17, 15) is 18.0 Å². The lowest BCUT2D eigenvalue weighted by molar-refractivity contribution is -0.134. The van der Waals surface area contributed by atoms with E-state index in [2.05, 4.69) is 5.10 Å². The van der Waals surface area contributed by atoms with Crippen LogP contribution in [0.25, 0.3) is 0 Å². The third kappa shape index (κ3) is 4.07. The summed E-state index contributed by atoms with van der Waals surface area (Å²) in [4.78, 5) is 27.0. The average molecular weight is 421 g/mol. The maximum atomic E-state index is 13.0. The highest BCUT2D eigenvalue weighted by molar-refractivity contribution is 7.91. The minimum atomic E-state index is -3.15. The molecule has 3 aliphatic heterocycles. The number of benzene rings is 1. The molecular weight excluding hydrogens is 398 g/mol. The topological polar surface area (TPSA) is 106 Å². The summed E-state index contributed by atoms with van der Waals surface area (Å²) < 4.78 is 34.2. The molecule has 1 fully saturated rings. The third-order valence-electron chi connectivity index (χ3n) is 5.34. The highest BCUT2D eigenvalue weighted by Crippen LogP contribution is 2.33. The molecule has 3 aliphatic rings. The van der Waals surface area contributed by atoms with Gasteiger partial charge in [0.25, 0.3) is 5.91 Å². The van der Waals surface area contributed by atoms with Crippen molar-refractivity contribution in [2.24, 2.45) is 5.10 Å². The summed E-state index contributed by atoms with van der Waals surface area (Å²) in [6, 6.07) is 5.06. The van der Waals surface area contributed by atoms with Crippen LogP contribution in [0.4, 0.5) is 0 Å². The molecule has 1 aromatic carbocycles. The molecule has 0 N–H and O–H groups in total. The Balaban J connectivity index is 1.50. The van der Waals surface area contributed by atoms with Gasteiger partial charge in [0, 0.05) is 25.9 Å². The first-order valence-electron chi connectivity index (χ1n) is 9.64. The summed E-state index contributed by atoms with van der Waals surface area (Å²) in [5, 5.41) is 5.50. The van der Waals surface area contributed by atoms with Gasteiger partial charge in [-0.2, -0.15) is 5.10 Å². The summed E-state index contributed by atoms with van der Waals surface area (Å²) in [7, 11) is -3.15. The zero-order chi connectivity index (χ0) is 20.6. The Hall–Kier alpha value is -2.62. The number of hydrogen-bond acceptors (Lipinski definition) is 7. The minimum absolute atomic E-state index is 0.0471. The Morgan fingerprint density at radius 3 is 2.79 bits per heavy atom. The van der Waals surface area contributed by atoms with E-state index in [0.717, 1.165) is 5.56 Å². The van der Waals surface area contributed by atoms with Gasteiger partial charge in [-0.1, -0.05) is 6.07 Å². The zero-order valence-electron chi connectivity index (χ0n) is 16.2. The molecule has 0 unspecified atom stereocenters. The van der Waals surface area contributed by atoms with Crippen LogP contribution >= 0.6 is 0 Å². The molecule has 2 amide bonds. The Morgan fingerprint density at radius 1 is 1.28 bits per heavy atom. The van der Waals surface area contributed by atoms with Crippen LogP contribution in [0, 0.1) is 0 Å². The number of nitrogens with zero attached hydrogens (tertiary/aromatic N) is 3. The number of ether oxygens (including phenoxy) is 2. The highest BCUT2D eigenvalue weighted by Gasteiger charge is 2.37. The Bertz CT molecular complexity index is 974. The van der Waals surface area contributed by atoms with E-state index in [1.165, 1.54) is 5.01 Å². The van der Waals surface area contributed by atoms with Gasteiger partial charge in [-0.25, -0.2) is 13.4 Å². The van der Waals surface area contributed by atoms with Crippen molar-refractivity contribution in [3.8, 4) is 11.5 Å². The summed E-state index contributed by atoms with van der Waals surface area (Å²) in [6.45, 7) is 2.91. The molecule has 1 atom stereocenters. The predicted octanol–water partition coefficient (Wildman–Crippen LogP) is 0.929. The van der Waals surface area contributed by atoms with Gasteiger partial charge in [0.05, 0.1) is 17.5 Å². The van der Waals surface area contributed by atoms with Crippen LogP contribution in [0.3, 0.4) is 0 Å². The molecule has 0 aromatic heterocycles. The second kappa shape index (κ2) is 7.66. The van der Waals surface area contributed by atoms with E-state index in [1.54, 1.807) is 4.90 Å². The standard InChI is InChI=1S/C19H23N3O6S/c1-2-21(10-13-3-5-16-17(9-13)28-12-27-16)19(24)15-4-6-18(23)22(20-15)14-7-8-29(25,26)11-14/h3,5,9,14H,2,4,6-8,10-12H2,1H3/t14-/m1/s1. The van der Waals surface area contributed by atoms with Gasteiger partial charge in [0.1, 0.15) is 5.71 Å². The van der Waals surface area contributed by atoms with Crippen LogP contribution in [-0.4, -0.2) is 66.7 Å². The monoisotopic (exact) mass is 421 g/mol. The van der Waals surface area contributed by atoms with Crippen LogP contribution in [0.1, 0.15) is 31.7 Å². The van der Waals surface area contributed by atoms with Gasteiger partial charge in [-0.15, -0.1) is 0 Å². The van der Waals surface area contributed by atoms with Crippen molar-refractivity contribution in [1.29, 1.82) is 0 Å². The normalized spacial score (nSPS) is 22.5. The average Bonchev–Trinajstić information content (AvgIpc) is 3.31. The van der Waals surface area contributed by atoms with E-state index in [4.69, 9.17) is 9.47 Å². The number of carbonyl (C=O) groups is 2. The van der Waals surface area contributed by atoms with Crippen molar-refractivity contribution >= 4 is 27.4 Å². The quantitative estimate of drug-likeness (QED) is 0.700. The van der Waals surface area contributed by atoms with Crippen LogP contribution in [-0.2, 0) is 26.0 Å². The van der Waals surface area contributed by atoms with Crippen molar-refractivity contribution in [2.45, 2.75) is 38.8 Å². The van der Waals surface area contributed by atoms with Gasteiger partial charge in [-0.05, 0) is 31.0 Å². The van der Waals surface area contributed by atoms with Gasteiger partial charge < -0.3 is 14.4 Å². The predicted molar refractivity (Wildman–Crippen MR) is 104 cm³/mol. The van der Waals surface area contributed by atoms with Crippen LogP contribution < -0.4 is 9.47 Å². The highest BCUT2D eigenvalue weighted by atomic mass is 32.2. The first-order chi connectivity index (χ1) is 13.9. The number of fused-ring (bicyclic) bond motifs is 1. The maximum Gasteiger partial charge on any atom is 0.270 e. The molecule has 0 spiro atoms. The molecule has 0 aliphatic carbocycles. The molecule has 0 saturated carbocycles. The number of rotatable bonds is 5. The molecule has 29 heavy (non-hydrogen) atoms. The van der Waals surface area contributed by atoms with E-state index >= 15 is 0 Å². The maximum absolute atomic E-state index is 13.0. The van der Waals surface area contributed by atoms with Crippen LogP contribution in [0.15, 0.2) is 23.3 Å². The third-order valence-corrected chi connectivity index (χ3v) is 7.09. The lowest BCUT2D eigenvalue weighted by Gasteiger charge is -2.29. The molecule has 156 valence electrons. The molecular formula is C19H23N3O6S. The number of amides is 2. The Labute approximate surface area is 169 Å². The first-order valence-corrected chi connectivity index (χ1v) is 11.5. The van der Waals surface area contributed by atoms with E-state index < -0.39 is 15.9 Å². The SMILES string of the molecule is CCN(Cc1ccc2c(c1)OCO2)C(=O)C1=NN([C@@H]2CCS(=O)(=O)C2)C(=O)CC1. The molecule has 4 rings (SSSR count). The van der Waals surface area contributed by atoms with Crippen molar-refractivity contribution in [3.63, 3.8) is 0 Å². The number of sulfone groups is 1. The summed E-state index contributed by atoms with van der Waals surface area (Å²) in [6.07, 6.45) is 0.766. The van der Waals surface area contributed by atoms with E-state index in [-0.39, 0.29) is 48.7 Å². The molecule has 10 heteroatoms. The Kier molecular flexibility index (Phi) is 5.20. The molecule has 9 nitrogen and oxygen atoms in total. The van der Waals surface area contributed by atoms with Crippen molar-refractivity contribution in [2.75, 3.05) is 24.8 Å². The molecule has 1 saturated heterocycles. The van der Waals surface area contributed by atoms with E-state index in [0.29, 0.717) is 31.0 Å². The smallest absolute Gasteiger partial charge is 0.270 e. The first kappa shape index (κ1) is 19.7. The summed E-state index contributed by atoms with van der Waals surface area (Å²) >= 11 is 0.